The normalized spacial score (nSPS) is 15.7. The van der Waals surface area contributed by atoms with Gasteiger partial charge in [-0.15, -0.1) is 0 Å². The summed E-state index contributed by atoms with van der Waals surface area (Å²) in [5, 5.41) is 0.931. The van der Waals surface area contributed by atoms with E-state index in [-0.39, 0.29) is 5.91 Å². The van der Waals surface area contributed by atoms with Crippen LogP contribution >= 0.6 is 0 Å². The van der Waals surface area contributed by atoms with Crippen LogP contribution in [0.4, 0.5) is 5.82 Å². The van der Waals surface area contributed by atoms with Crippen LogP contribution in [0, 0.1) is 0 Å². The molecule has 2 aromatic heterocycles. The van der Waals surface area contributed by atoms with Crippen LogP contribution in [0.5, 0.6) is 0 Å². The number of rotatable bonds is 4. The molecule has 4 rings (SSSR count). The molecule has 3 aromatic rings. The van der Waals surface area contributed by atoms with Crippen molar-refractivity contribution in [1.82, 2.24) is 19.9 Å². The lowest BCUT2D eigenvalue weighted by molar-refractivity contribution is -0.132. The maximum atomic E-state index is 12.7. The first-order chi connectivity index (χ1) is 13.2. The average molecular weight is 362 g/mol. The summed E-state index contributed by atoms with van der Waals surface area (Å²) in [5.41, 5.74) is 7.93. The van der Waals surface area contributed by atoms with Gasteiger partial charge in [0.05, 0.1) is 11.4 Å². The van der Waals surface area contributed by atoms with E-state index in [0.717, 1.165) is 16.8 Å². The monoisotopic (exact) mass is 362 g/mol. The number of carbonyl (C=O) groups excluding carboxylic acids is 1. The topological polar surface area (TPSA) is 88.2 Å². The van der Waals surface area contributed by atoms with Crippen LogP contribution in [-0.4, -0.2) is 58.0 Å². The summed E-state index contributed by atoms with van der Waals surface area (Å²) in [6.07, 6.45) is 3.82. The molecule has 2 N–H and O–H groups in total. The van der Waals surface area contributed by atoms with E-state index in [2.05, 4.69) is 19.9 Å². The van der Waals surface area contributed by atoms with Gasteiger partial charge < -0.3 is 15.5 Å². The summed E-state index contributed by atoms with van der Waals surface area (Å²) in [6.45, 7) is 2.69. The van der Waals surface area contributed by atoms with Gasteiger partial charge in [-0.3, -0.25) is 4.79 Å². The Balaban J connectivity index is 1.40. The Bertz CT molecular complexity index is 919. The van der Waals surface area contributed by atoms with Gasteiger partial charge in [0.15, 0.2) is 5.65 Å². The van der Waals surface area contributed by atoms with Crippen LogP contribution in [0.25, 0.3) is 11.0 Å². The van der Waals surface area contributed by atoms with Crippen LogP contribution in [0.3, 0.4) is 0 Å². The second kappa shape index (κ2) is 7.67. The van der Waals surface area contributed by atoms with Gasteiger partial charge in [0.1, 0.15) is 12.1 Å². The Kier molecular flexibility index (Phi) is 4.93. The number of carbonyl (C=O) groups is 1. The Morgan fingerprint density at radius 1 is 1.00 bits per heavy atom. The Labute approximate surface area is 157 Å². The second-order valence-corrected chi connectivity index (χ2v) is 6.68. The number of hydrogen-bond acceptors (Lipinski definition) is 6. The molecule has 27 heavy (non-hydrogen) atoms. The van der Waals surface area contributed by atoms with Crippen molar-refractivity contribution in [3.8, 4) is 0 Å². The van der Waals surface area contributed by atoms with Crippen LogP contribution < -0.4 is 10.6 Å². The lowest BCUT2D eigenvalue weighted by Crippen LogP contribution is -2.53. The molecule has 1 aliphatic heterocycles. The number of piperazine rings is 1. The first-order valence-electron chi connectivity index (χ1n) is 9.11. The number of amides is 1. The lowest BCUT2D eigenvalue weighted by atomic mass is 10.1. The quantitative estimate of drug-likeness (QED) is 0.751. The first kappa shape index (κ1) is 17.4. The minimum absolute atomic E-state index is 0.00714. The molecule has 1 saturated heterocycles. The van der Waals surface area contributed by atoms with Gasteiger partial charge in [-0.1, -0.05) is 30.3 Å². The number of fused-ring (bicyclic) bond motifs is 1. The Morgan fingerprint density at radius 3 is 2.56 bits per heavy atom. The summed E-state index contributed by atoms with van der Waals surface area (Å²) < 4.78 is 0. The molecule has 7 heteroatoms. The molecular weight excluding hydrogens is 340 g/mol. The molecule has 1 atom stereocenters. The zero-order chi connectivity index (χ0) is 18.6. The molecule has 1 unspecified atom stereocenters. The largest absolute Gasteiger partial charge is 0.352 e. The third-order valence-electron chi connectivity index (χ3n) is 4.89. The third kappa shape index (κ3) is 3.73. The molecule has 7 nitrogen and oxygen atoms in total. The molecule has 138 valence electrons. The molecule has 1 aromatic carbocycles. The number of pyridine rings is 1. The fraction of sp³-hybridized carbons (Fsp3) is 0.300. The smallest absolute Gasteiger partial charge is 0.239 e. The molecule has 0 spiro atoms. The van der Waals surface area contributed by atoms with Crippen LogP contribution in [0.2, 0.25) is 0 Å². The number of hydrogen-bond donors (Lipinski definition) is 1. The highest BCUT2D eigenvalue weighted by atomic mass is 16.2. The highest BCUT2D eigenvalue weighted by molar-refractivity contribution is 5.87. The molecule has 3 heterocycles. The maximum Gasteiger partial charge on any atom is 0.239 e. The molecule has 1 fully saturated rings. The van der Waals surface area contributed by atoms with Crippen molar-refractivity contribution >= 4 is 22.8 Å². The lowest BCUT2D eigenvalue weighted by Gasteiger charge is -2.36. The fourth-order valence-electron chi connectivity index (χ4n) is 3.46. The van der Waals surface area contributed by atoms with E-state index >= 15 is 0 Å². The minimum atomic E-state index is -0.511. The highest BCUT2D eigenvalue weighted by Crippen LogP contribution is 2.22. The number of aromatic nitrogens is 3. The van der Waals surface area contributed by atoms with Gasteiger partial charge in [-0.2, -0.15) is 0 Å². The van der Waals surface area contributed by atoms with Crippen molar-refractivity contribution in [3.63, 3.8) is 0 Å². The van der Waals surface area contributed by atoms with E-state index in [1.54, 1.807) is 6.20 Å². The van der Waals surface area contributed by atoms with Crippen LogP contribution in [0.1, 0.15) is 5.56 Å². The Hall–Kier alpha value is -3.06. The molecule has 1 aliphatic rings. The average Bonchev–Trinajstić information content (AvgIpc) is 2.73. The zero-order valence-electron chi connectivity index (χ0n) is 15.0. The third-order valence-corrected chi connectivity index (χ3v) is 4.89. The summed E-state index contributed by atoms with van der Waals surface area (Å²) in [7, 11) is 0. The van der Waals surface area contributed by atoms with Gasteiger partial charge >= 0.3 is 0 Å². The van der Waals surface area contributed by atoms with Crippen molar-refractivity contribution in [2.75, 3.05) is 31.1 Å². The van der Waals surface area contributed by atoms with Gasteiger partial charge in [0.25, 0.3) is 0 Å². The molecule has 0 aliphatic carbocycles. The van der Waals surface area contributed by atoms with E-state index in [4.69, 9.17) is 5.73 Å². The van der Waals surface area contributed by atoms with Crippen LogP contribution in [-0.2, 0) is 11.2 Å². The van der Waals surface area contributed by atoms with E-state index in [0.29, 0.717) is 38.2 Å². The molecular formula is C20H22N6O. The summed E-state index contributed by atoms with van der Waals surface area (Å²) >= 11 is 0. The van der Waals surface area contributed by atoms with Crippen molar-refractivity contribution in [2.24, 2.45) is 5.73 Å². The minimum Gasteiger partial charge on any atom is -0.352 e. The summed E-state index contributed by atoms with van der Waals surface area (Å²) in [6, 6.07) is 13.2. The van der Waals surface area contributed by atoms with Gasteiger partial charge in [-0.05, 0) is 24.1 Å². The SMILES string of the molecule is NC(Cc1ccccc1)C(=O)N1CCN(c2ncnc3ncccc23)CC1. The first-order valence-corrected chi connectivity index (χ1v) is 9.11. The van der Waals surface area contributed by atoms with E-state index in [1.165, 1.54) is 6.33 Å². The molecule has 1 amide bonds. The zero-order valence-corrected chi connectivity index (χ0v) is 15.0. The number of nitrogens with zero attached hydrogens (tertiary/aromatic N) is 5. The van der Waals surface area contributed by atoms with Crippen molar-refractivity contribution in [2.45, 2.75) is 12.5 Å². The van der Waals surface area contributed by atoms with E-state index in [1.807, 2.05) is 47.4 Å². The number of anilines is 1. The predicted molar refractivity (Wildman–Crippen MR) is 104 cm³/mol. The number of benzene rings is 1. The molecule has 0 radical (unpaired) electrons. The Morgan fingerprint density at radius 2 is 1.78 bits per heavy atom. The van der Waals surface area contributed by atoms with Crippen molar-refractivity contribution < 1.29 is 4.79 Å². The standard InChI is InChI=1S/C20H22N6O/c21-17(13-15-5-2-1-3-6-15)20(27)26-11-9-25(10-12-26)19-16-7-4-8-22-18(16)23-14-24-19/h1-8,14,17H,9-13,21H2. The molecule has 0 saturated carbocycles. The number of nitrogens with two attached hydrogens (primary N) is 1. The maximum absolute atomic E-state index is 12.7. The molecule has 0 bridgehead atoms. The van der Waals surface area contributed by atoms with E-state index in [9.17, 15) is 4.79 Å². The predicted octanol–water partition coefficient (Wildman–Crippen LogP) is 1.24. The second-order valence-electron chi connectivity index (χ2n) is 6.68. The highest BCUT2D eigenvalue weighted by Gasteiger charge is 2.26. The van der Waals surface area contributed by atoms with Crippen LogP contribution in [0.15, 0.2) is 55.0 Å². The summed E-state index contributed by atoms with van der Waals surface area (Å²) in [5.74, 6) is 0.876. The van der Waals surface area contributed by atoms with E-state index < -0.39 is 6.04 Å². The van der Waals surface area contributed by atoms with Crippen molar-refractivity contribution in [1.29, 1.82) is 0 Å². The van der Waals surface area contributed by atoms with Crippen molar-refractivity contribution in [3.05, 3.63) is 60.6 Å². The fourth-order valence-corrected chi connectivity index (χ4v) is 3.46. The summed E-state index contributed by atoms with van der Waals surface area (Å²) in [4.78, 5) is 29.7. The van der Waals surface area contributed by atoms with Gasteiger partial charge in [-0.25, -0.2) is 15.0 Å². The van der Waals surface area contributed by atoms with Gasteiger partial charge in [0, 0.05) is 32.4 Å². The van der Waals surface area contributed by atoms with Gasteiger partial charge in [0.2, 0.25) is 5.91 Å².